The van der Waals surface area contributed by atoms with Crippen molar-refractivity contribution in [1.82, 2.24) is 0 Å². The molecule has 0 nitrogen and oxygen atoms in total. The molecule has 0 aromatic rings. The predicted octanol–water partition coefficient (Wildman–Crippen LogP) is 2.97. The molecule has 1 rings (SSSR count). The molecule has 0 atom stereocenters. The zero-order valence-corrected chi connectivity index (χ0v) is 11.8. The normalized spacial score (nSPS) is 22.5. The standard InChI is InChI=1S/C9H20Si3/c1-8(2)11-5-10-6-12(7-11)9(3)4/h8-9H,5-7H2,1-4H3. The van der Waals surface area contributed by atoms with Gasteiger partial charge in [0.25, 0.3) is 0 Å². The van der Waals surface area contributed by atoms with E-state index in [0.29, 0.717) is 0 Å². The topological polar surface area (TPSA) is 0 Å². The molecule has 0 amide bonds. The molecule has 1 fully saturated rings. The maximum atomic E-state index is 2.45. The van der Waals surface area contributed by atoms with Crippen molar-refractivity contribution in [1.29, 1.82) is 0 Å². The maximum absolute atomic E-state index is 2.45. The van der Waals surface area contributed by atoms with Gasteiger partial charge in [0.05, 0.1) is 0 Å². The smallest absolute Gasteiger partial charge is 0.0443 e. The molecule has 1 aliphatic rings. The van der Waals surface area contributed by atoms with Crippen LogP contribution in [0.25, 0.3) is 0 Å². The lowest BCUT2D eigenvalue weighted by molar-refractivity contribution is 1.00. The Morgan fingerprint density at radius 1 is 0.917 bits per heavy atom. The van der Waals surface area contributed by atoms with Gasteiger partial charge in [-0.2, -0.15) is 0 Å². The predicted molar refractivity (Wildman–Crippen MR) is 61.9 cm³/mol. The van der Waals surface area contributed by atoms with Crippen molar-refractivity contribution in [2.75, 3.05) is 0 Å². The van der Waals surface area contributed by atoms with E-state index in [1.807, 2.05) is 0 Å². The number of rotatable bonds is 2. The molecule has 0 saturated carbocycles. The van der Waals surface area contributed by atoms with Gasteiger partial charge >= 0.3 is 0 Å². The second-order valence-electron chi connectivity index (χ2n) is 4.41. The van der Waals surface area contributed by atoms with Gasteiger partial charge in [0.15, 0.2) is 0 Å². The second-order valence-corrected chi connectivity index (χ2v) is 14.1. The molecule has 1 saturated heterocycles. The monoisotopic (exact) mass is 212 g/mol. The van der Waals surface area contributed by atoms with E-state index in [9.17, 15) is 0 Å². The summed E-state index contributed by atoms with van der Waals surface area (Å²) >= 11 is 0. The summed E-state index contributed by atoms with van der Waals surface area (Å²) in [4.78, 5) is 0. The number of hydrogen-bond acceptors (Lipinski definition) is 0. The van der Waals surface area contributed by atoms with E-state index in [1.165, 1.54) is 9.52 Å². The molecular weight excluding hydrogens is 192 g/mol. The van der Waals surface area contributed by atoms with E-state index in [1.54, 1.807) is 17.0 Å². The van der Waals surface area contributed by atoms with Crippen molar-refractivity contribution in [3.8, 4) is 0 Å². The molecule has 1 aliphatic heterocycles. The van der Waals surface area contributed by atoms with E-state index < -0.39 is 0 Å². The van der Waals surface area contributed by atoms with Crippen LogP contribution in [0.4, 0.5) is 0 Å². The van der Waals surface area contributed by atoms with Crippen molar-refractivity contribution >= 4 is 27.1 Å². The Morgan fingerprint density at radius 2 is 1.33 bits per heavy atom. The van der Waals surface area contributed by atoms with Crippen molar-refractivity contribution in [2.24, 2.45) is 0 Å². The van der Waals surface area contributed by atoms with E-state index >= 15 is 0 Å². The van der Waals surface area contributed by atoms with Gasteiger partial charge in [-0.3, -0.25) is 0 Å². The van der Waals surface area contributed by atoms with E-state index in [-0.39, 0.29) is 17.6 Å². The van der Waals surface area contributed by atoms with Crippen LogP contribution >= 0.6 is 0 Å². The molecular formula is C9H20Si3. The first-order valence-electron chi connectivity index (χ1n) is 5.01. The molecule has 0 aromatic carbocycles. The fourth-order valence-electron chi connectivity index (χ4n) is 1.62. The van der Waals surface area contributed by atoms with Gasteiger partial charge in [0, 0.05) is 27.1 Å². The first kappa shape index (κ1) is 10.7. The lowest BCUT2D eigenvalue weighted by atomic mass is 10.6. The Morgan fingerprint density at radius 3 is 1.67 bits per heavy atom. The second kappa shape index (κ2) is 4.77. The fourth-order valence-corrected chi connectivity index (χ4v) is 17.9. The highest BCUT2D eigenvalue weighted by atomic mass is 28.4. The molecule has 0 aliphatic carbocycles. The zero-order chi connectivity index (χ0) is 9.14. The molecule has 0 spiro atoms. The lowest BCUT2D eigenvalue weighted by Gasteiger charge is -2.30. The van der Waals surface area contributed by atoms with Gasteiger partial charge in [-0.1, -0.05) is 55.8 Å². The summed E-state index contributed by atoms with van der Waals surface area (Å²) in [5.74, 6) is 0. The molecule has 0 bridgehead atoms. The van der Waals surface area contributed by atoms with Crippen molar-refractivity contribution < 1.29 is 0 Å². The molecule has 3 heteroatoms. The van der Waals surface area contributed by atoms with Gasteiger partial charge in [-0.05, 0) is 0 Å². The van der Waals surface area contributed by atoms with Crippen LogP contribution in [0.15, 0.2) is 0 Å². The van der Waals surface area contributed by atoms with Crippen LogP contribution in [0.3, 0.4) is 0 Å². The minimum Gasteiger partial charge on any atom is -0.0671 e. The van der Waals surface area contributed by atoms with Crippen LogP contribution in [-0.2, 0) is 0 Å². The Bertz CT molecular complexity index is 120. The highest BCUT2D eigenvalue weighted by molar-refractivity contribution is 6.91. The summed E-state index contributed by atoms with van der Waals surface area (Å²) in [5, 5.41) is 0. The third-order valence-corrected chi connectivity index (χ3v) is 15.3. The summed E-state index contributed by atoms with van der Waals surface area (Å²) in [5.41, 5.74) is 7.08. The molecule has 4 radical (unpaired) electrons. The third-order valence-electron chi connectivity index (χ3n) is 2.79. The Balaban J connectivity index is 2.40. The van der Waals surface area contributed by atoms with Crippen LogP contribution in [0.5, 0.6) is 0 Å². The molecule has 0 unspecified atom stereocenters. The SMILES string of the molecule is CC(C)[Si]1C[Si]C[Si](C(C)C)C1. The molecule has 12 heavy (non-hydrogen) atoms. The first-order chi connectivity index (χ1) is 5.61. The molecule has 0 N–H and O–H groups in total. The zero-order valence-electron chi connectivity index (χ0n) is 8.78. The minimum atomic E-state index is 0.0996. The van der Waals surface area contributed by atoms with Crippen molar-refractivity contribution in [3.05, 3.63) is 0 Å². The van der Waals surface area contributed by atoms with Crippen LogP contribution in [0, 0.1) is 0 Å². The molecule has 68 valence electrons. The Hall–Kier alpha value is 0.651. The van der Waals surface area contributed by atoms with Gasteiger partial charge < -0.3 is 0 Å². The highest BCUT2D eigenvalue weighted by Crippen LogP contribution is 2.27. The van der Waals surface area contributed by atoms with Crippen LogP contribution in [0.1, 0.15) is 27.7 Å². The first-order valence-corrected chi connectivity index (χ1v) is 10.4. The fraction of sp³-hybridized carbons (Fsp3) is 1.00. The summed E-state index contributed by atoms with van der Waals surface area (Å²) in [6.07, 6.45) is 0. The van der Waals surface area contributed by atoms with Gasteiger partial charge in [-0.25, -0.2) is 0 Å². The van der Waals surface area contributed by atoms with E-state index in [2.05, 4.69) is 27.7 Å². The van der Waals surface area contributed by atoms with E-state index in [4.69, 9.17) is 0 Å². The summed E-state index contributed by atoms with van der Waals surface area (Å²) < 4.78 is 0. The minimum absolute atomic E-state index is 0.0996. The molecule has 1 heterocycles. The number of hydrogen-bond donors (Lipinski definition) is 0. The highest BCUT2D eigenvalue weighted by Gasteiger charge is 2.28. The third kappa shape index (κ3) is 2.85. The Kier molecular flexibility index (Phi) is 4.26. The maximum Gasteiger partial charge on any atom is 0.0443 e. The van der Waals surface area contributed by atoms with Crippen LogP contribution in [0.2, 0.25) is 28.1 Å². The summed E-state index contributed by atoms with van der Waals surface area (Å²) in [7, 11) is 1.54. The summed E-state index contributed by atoms with van der Waals surface area (Å²) in [6.45, 7) is 9.79. The average molecular weight is 213 g/mol. The average Bonchev–Trinajstić information content (AvgIpc) is 2.04. The van der Waals surface area contributed by atoms with Gasteiger partial charge in [0.1, 0.15) is 0 Å². The van der Waals surface area contributed by atoms with Crippen LogP contribution in [-0.4, -0.2) is 27.1 Å². The lowest BCUT2D eigenvalue weighted by Crippen LogP contribution is -2.36. The quantitative estimate of drug-likeness (QED) is 0.618. The van der Waals surface area contributed by atoms with Gasteiger partial charge in [0.2, 0.25) is 0 Å². The van der Waals surface area contributed by atoms with Crippen LogP contribution < -0.4 is 0 Å². The van der Waals surface area contributed by atoms with Gasteiger partial charge in [-0.15, -0.1) is 0 Å². The Labute approximate surface area is 83.2 Å². The molecule has 0 aromatic heterocycles. The summed E-state index contributed by atoms with van der Waals surface area (Å²) in [6, 6.07) is 0. The van der Waals surface area contributed by atoms with Crippen molar-refractivity contribution in [3.63, 3.8) is 0 Å². The largest absolute Gasteiger partial charge is 0.0671 e. The van der Waals surface area contributed by atoms with E-state index in [0.717, 1.165) is 11.1 Å². The van der Waals surface area contributed by atoms with Crippen molar-refractivity contribution in [2.45, 2.75) is 55.8 Å².